The lowest BCUT2D eigenvalue weighted by molar-refractivity contribution is -0.142. The summed E-state index contributed by atoms with van der Waals surface area (Å²) in [6.45, 7) is 3.96. The summed E-state index contributed by atoms with van der Waals surface area (Å²) >= 11 is 9.22. The van der Waals surface area contributed by atoms with Crippen LogP contribution in [0.4, 0.5) is 0 Å². The number of carboxylic acid groups (broad SMARTS) is 1. The van der Waals surface area contributed by atoms with Gasteiger partial charge < -0.3 is 15.7 Å². The Balaban J connectivity index is 1.73. The van der Waals surface area contributed by atoms with Crippen molar-refractivity contribution < 1.29 is 19.5 Å². The monoisotopic (exact) mass is 604 g/mol. The van der Waals surface area contributed by atoms with E-state index in [0.29, 0.717) is 22.2 Å². The average Bonchev–Trinajstić information content (AvgIpc) is 3.39. The number of rotatable bonds is 12. The average molecular weight is 606 g/mol. The van der Waals surface area contributed by atoms with Crippen LogP contribution in [0, 0.1) is 5.92 Å². The molecule has 3 heterocycles. The van der Waals surface area contributed by atoms with Crippen LogP contribution in [0.1, 0.15) is 31.4 Å². The molecule has 3 aromatic rings. The van der Waals surface area contributed by atoms with E-state index in [2.05, 4.69) is 49.2 Å². The number of halogens is 1. The summed E-state index contributed by atoms with van der Waals surface area (Å²) in [5.74, 6) is -1.93. The fourth-order valence-electron chi connectivity index (χ4n) is 3.62. The number of aromatic nitrogens is 2. The molecular formula is C26H29BrN4O4S2. The van der Waals surface area contributed by atoms with Crippen molar-refractivity contribution in [3.8, 4) is 10.6 Å². The molecule has 3 atom stereocenters. The van der Waals surface area contributed by atoms with Crippen LogP contribution in [0.25, 0.3) is 10.6 Å². The maximum Gasteiger partial charge on any atom is 0.326 e. The lowest BCUT2D eigenvalue weighted by atomic mass is 10.0. The van der Waals surface area contributed by atoms with Gasteiger partial charge in [-0.05, 0) is 63.0 Å². The predicted molar refractivity (Wildman–Crippen MR) is 151 cm³/mol. The maximum absolute atomic E-state index is 13.3. The van der Waals surface area contributed by atoms with Gasteiger partial charge in [0, 0.05) is 25.2 Å². The van der Waals surface area contributed by atoms with Crippen LogP contribution in [-0.2, 0) is 27.2 Å². The van der Waals surface area contributed by atoms with Gasteiger partial charge in [0.25, 0.3) is 0 Å². The molecule has 2 amide bonds. The van der Waals surface area contributed by atoms with E-state index in [1.807, 2.05) is 37.4 Å². The van der Waals surface area contributed by atoms with Crippen LogP contribution < -0.4 is 10.6 Å². The first kappa shape index (κ1) is 28.8. The molecule has 0 aliphatic rings. The van der Waals surface area contributed by atoms with Gasteiger partial charge in [-0.15, -0.1) is 11.3 Å². The highest BCUT2D eigenvalue weighted by molar-refractivity contribution is 9.10. The number of carboxylic acids is 1. The molecule has 0 unspecified atom stereocenters. The van der Waals surface area contributed by atoms with Crippen LogP contribution in [-0.4, -0.2) is 50.2 Å². The molecule has 3 aromatic heterocycles. The molecule has 3 rings (SSSR count). The number of pyridine rings is 2. The van der Waals surface area contributed by atoms with Crippen molar-refractivity contribution in [2.24, 2.45) is 5.92 Å². The Hall–Kier alpha value is -2.76. The van der Waals surface area contributed by atoms with Crippen LogP contribution in [0.2, 0.25) is 0 Å². The van der Waals surface area contributed by atoms with Crippen LogP contribution in [0.15, 0.2) is 58.8 Å². The minimum atomic E-state index is -1.20. The number of thiophene rings is 1. The number of amides is 2. The van der Waals surface area contributed by atoms with Gasteiger partial charge in [-0.1, -0.05) is 32.0 Å². The van der Waals surface area contributed by atoms with Gasteiger partial charge in [-0.3, -0.25) is 14.6 Å². The van der Waals surface area contributed by atoms with Crippen molar-refractivity contribution in [3.05, 3.63) is 69.9 Å². The van der Waals surface area contributed by atoms with Gasteiger partial charge in [-0.2, -0.15) is 12.6 Å². The third-order valence-electron chi connectivity index (χ3n) is 5.51. The number of hydrogen-bond acceptors (Lipinski definition) is 7. The van der Waals surface area contributed by atoms with E-state index >= 15 is 0 Å². The summed E-state index contributed by atoms with van der Waals surface area (Å²) in [7, 11) is 0. The molecule has 0 saturated heterocycles. The normalized spacial score (nSPS) is 13.5. The highest BCUT2D eigenvalue weighted by Gasteiger charge is 2.29. The second-order valence-corrected chi connectivity index (χ2v) is 11.4. The Morgan fingerprint density at radius 2 is 1.62 bits per heavy atom. The largest absolute Gasteiger partial charge is 0.480 e. The van der Waals surface area contributed by atoms with Crippen molar-refractivity contribution in [1.29, 1.82) is 0 Å². The number of carbonyl (C=O) groups is 3. The van der Waals surface area contributed by atoms with Gasteiger partial charge in [0.05, 0.1) is 15.8 Å². The highest BCUT2D eigenvalue weighted by Crippen LogP contribution is 2.22. The minimum absolute atomic E-state index is 0.0435. The van der Waals surface area contributed by atoms with Gasteiger partial charge in [0.1, 0.15) is 16.7 Å². The second kappa shape index (κ2) is 13.7. The van der Waals surface area contributed by atoms with E-state index in [1.165, 1.54) is 0 Å². The van der Waals surface area contributed by atoms with E-state index in [9.17, 15) is 19.5 Å². The number of hydrogen-bond donors (Lipinski definition) is 4. The molecule has 0 spiro atoms. The number of carbonyl (C=O) groups excluding carboxylic acids is 2. The fraction of sp³-hybridized carbons (Fsp3) is 0.346. The van der Waals surface area contributed by atoms with Crippen LogP contribution in [0.5, 0.6) is 0 Å². The molecule has 11 heteroatoms. The summed E-state index contributed by atoms with van der Waals surface area (Å²) in [6, 6.07) is 8.83. The molecular weight excluding hydrogens is 576 g/mol. The van der Waals surface area contributed by atoms with E-state index in [-0.39, 0.29) is 24.7 Å². The van der Waals surface area contributed by atoms with Crippen molar-refractivity contribution in [1.82, 2.24) is 20.6 Å². The summed E-state index contributed by atoms with van der Waals surface area (Å²) in [5, 5.41) is 16.5. The molecule has 0 fully saturated rings. The molecule has 0 aliphatic heterocycles. The summed E-state index contributed by atoms with van der Waals surface area (Å²) in [4.78, 5) is 47.6. The van der Waals surface area contributed by atoms with E-state index in [1.54, 1.807) is 41.9 Å². The zero-order valence-corrected chi connectivity index (χ0v) is 23.7. The first-order valence-corrected chi connectivity index (χ1v) is 13.9. The van der Waals surface area contributed by atoms with Gasteiger partial charge in [0.2, 0.25) is 11.8 Å². The van der Waals surface area contributed by atoms with Crippen molar-refractivity contribution in [2.45, 2.75) is 50.4 Å². The van der Waals surface area contributed by atoms with Crippen molar-refractivity contribution >= 4 is 57.7 Å². The molecule has 8 nitrogen and oxygen atoms in total. The lowest BCUT2D eigenvalue weighted by Crippen LogP contribution is -2.54. The lowest BCUT2D eigenvalue weighted by Gasteiger charge is -2.23. The quantitative estimate of drug-likeness (QED) is 0.182. The van der Waals surface area contributed by atoms with Gasteiger partial charge in [0.15, 0.2) is 0 Å². The van der Waals surface area contributed by atoms with Crippen LogP contribution >= 0.6 is 39.9 Å². The van der Waals surface area contributed by atoms with Crippen molar-refractivity contribution in [2.75, 3.05) is 0 Å². The molecule has 0 aromatic carbocycles. The Morgan fingerprint density at radius 1 is 0.973 bits per heavy atom. The second-order valence-electron chi connectivity index (χ2n) is 9.03. The number of nitrogens with zero attached hydrogens (tertiary/aromatic N) is 2. The molecule has 0 saturated carbocycles. The molecule has 0 aliphatic carbocycles. The summed E-state index contributed by atoms with van der Waals surface area (Å²) < 4.78 is 0.637. The molecule has 0 bridgehead atoms. The number of aliphatic carboxylic acids is 1. The van der Waals surface area contributed by atoms with E-state index in [0.717, 1.165) is 10.6 Å². The number of nitrogens with one attached hydrogen (secondary N) is 2. The summed E-state index contributed by atoms with van der Waals surface area (Å²) in [5.41, 5.74) is 2.17. The standard InChI is InChI=1S/C26H29BrN4O4S2/c1-15(2)10-21(36)25(33)30-19(11-17-6-8-23(27)29-14-17)24(32)31-20(26(34)35)12-16-5-7-18(28-13-16)22-4-3-9-37-22/h3-9,13-15,19-21,36H,10-12H2,1-2H3,(H,30,33)(H,31,32)(H,34,35)/t19-,20-,21-/m0/s1. The zero-order chi connectivity index (χ0) is 26.9. The van der Waals surface area contributed by atoms with Crippen LogP contribution in [0.3, 0.4) is 0 Å². The molecule has 3 N–H and O–H groups in total. The first-order valence-electron chi connectivity index (χ1n) is 11.7. The molecule has 0 radical (unpaired) electrons. The van der Waals surface area contributed by atoms with Gasteiger partial charge >= 0.3 is 5.97 Å². The maximum atomic E-state index is 13.3. The topological polar surface area (TPSA) is 121 Å². The Bertz CT molecular complexity index is 1190. The first-order chi connectivity index (χ1) is 17.6. The smallest absolute Gasteiger partial charge is 0.326 e. The highest BCUT2D eigenvalue weighted by atomic mass is 79.9. The Labute approximate surface area is 233 Å². The van der Waals surface area contributed by atoms with E-state index < -0.39 is 29.2 Å². The summed E-state index contributed by atoms with van der Waals surface area (Å²) in [6.07, 6.45) is 3.93. The SMILES string of the molecule is CC(C)C[C@H](S)C(=O)N[C@@H](Cc1ccc(Br)nc1)C(=O)N[C@@H](Cc1ccc(-c2cccs2)nc1)C(=O)O. The fourth-order valence-corrected chi connectivity index (χ4v) is 5.05. The van der Waals surface area contributed by atoms with Gasteiger partial charge in [-0.25, -0.2) is 9.78 Å². The van der Waals surface area contributed by atoms with Crippen molar-refractivity contribution in [3.63, 3.8) is 0 Å². The Morgan fingerprint density at radius 3 is 2.16 bits per heavy atom. The third kappa shape index (κ3) is 8.94. The third-order valence-corrected chi connectivity index (χ3v) is 7.32. The minimum Gasteiger partial charge on any atom is -0.480 e. The van der Waals surface area contributed by atoms with E-state index in [4.69, 9.17) is 0 Å². The molecule has 196 valence electrons. The predicted octanol–water partition coefficient (Wildman–Crippen LogP) is 4.15. The Kier molecular flexibility index (Phi) is 10.7. The zero-order valence-electron chi connectivity index (χ0n) is 20.4. The number of thiol groups is 1. The molecule has 37 heavy (non-hydrogen) atoms.